The Morgan fingerprint density at radius 3 is 2.60 bits per heavy atom. The van der Waals surface area contributed by atoms with E-state index in [-0.39, 0.29) is 12.5 Å². The van der Waals surface area contributed by atoms with Crippen LogP contribution in [0.3, 0.4) is 0 Å². The van der Waals surface area contributed by atoms with Gasteiger partial charge in [0.05, 0.1) is 17.6 Å². The van der Waals surface area contributed by atoms with Gasteiger partial charge in [-0.1, -0.05) is 18.2 Å². The van der Waals surface area contributed by atoms with Gasteiger partial charge in [-0.2, -0.15) is 0 Å². The van der Waals surface area contributed by atoms with Gasteiger partial charge in [-0.05, 0) is 37.3 Å². The van der Waals surface area contributed by atoms with Crippen molar-refractivity contribution in [3.05, 3.63) is 41.1 Å². The molecule has 0 aliphatic heterocycles. The molecule has 1 aliphatic rings. The molecule has 1 aromatic carbocycles. The molecule has 1 aromatic heterocycles. The van der Waals surface area contributed by atoms with Crippen molar-refractivity contribution in [2.45, 2.75) is 25.7 Å². The van der Waals surface area contributed by atoms with Crippen LogP contribution in [0.5, 0.6) is 0 Å². The van der Waals surface area contributed by atoms with Crippen LogP contribution in [0.2, 0.25) is 0 Å². The zero-order valence-electron chi connectivity index (χ0n) is 13.7. The van der Waals surface area contributed by atoms with Gasteiger partial charge in [0.15, 0.2) is 0 Å². The lowest BCUT2D eigenvalue weighted by atomic mass is 9.89. The lowest BCUT2D eigenvalue weighted by Gasteiger charge is -2.20. The Labute approximate surface area is 144 Å². The first-order valence-electron chi connectivity index (χ1n) is 8.23. The second-order valence-corrected chi connectivity index (χ2v) is 5.99. The summed E-state index contributed by atoms with van der Waals surface area (Å²) in [5.74, 6) is -2.00. The molecule has 130 valence electrons. The van der Waals surface area contributed by atoms with Crippen LogP contribution < -0.4 is 10.6 Å². The van der Waals surface area contributed by atoms with Gasteiger partial charge in [0.25, 0.3) is 5.91 Å². The van der Waals surface area contributed by atoms with E-state index in [1.54, 1.807) is 0 Å². The molecule has 7 nitrogen and oxygen atoms in total. The molecule has 1 aliphatic carbocycles. The highest BCUT2D eigenvalue weighted by Crippen LogP contribution is 2.29. The molecule has 2 aromatic rings. The van der Waals surface area contributed by atoms with E-state index >= 15 is 0 Å². The minimum atomic E-state index is -1.13. The number of hydrogen-bond acceptors (Lipinski definition) is 4. The molecule has 7 heteroatoms. The van der Waals surface area contributed by atoms with Crippen molar-refractivity contribution in [1.82, 2.24) is 15.6 Å². The number of aryl methyl sites for hydroxylation is 1. The second kappa shape index (κ2) is 7.29. The van der Waals surface area contributed by atoms with Crippen molar-refractivity contribution < 1.29 is 19.5 Å². The number of nitrogens with zero attached hydrogens (tertiary/aromatic N) is 1. The van der Waals surface area contributed by atoms with Crippen molar-refractivity contribution in [3.63, 3.8) is 0 Å². The predicted molar refractivity (Wildman–Crippen MR) is 91.4 cm³/mol. The molecule has 1 heterocycles. The summed E-state index contributed by atoms with van der Waals surface area (Å²) in [6.07, 6.45) is 3.70. The van der Waals surface area contributed by atoms with Gasteiger partial charge < -0.3 is 15.7 Å². The van der Waals surface area contributed by atoms with Gasteiger partial charge in [-0.3, -0.25) is 19.4 Å². The van der Waals surface area contributed by atoms with E-state index in [0.29, 0.717) is 5.56 Å². The van der Waals surface area contributed by atoms with Crippen LogP contribution in [-0.4, -0.2) is 41.0 Å². The van der Waals surface area contributed by atoms with E-state index in [1.807, 2.05) is 24.3 Å². The number of benzene rings is 1. The number of aliphatic carboxylic acids is 1. The third-order valence-electron chi connectivity index (χ3n) is 4.24. The third-order valence-corrected chi connectivity index (χ3v) is 4.24. The van der Waals surface area contributed by atoms with Crippen LogP contribution in [0.15, 0.2) is 24.3 Å². The largest absolute Gasteiger partial charge is 0.480 e. The summed E-state index contributed by atoms with van der Waals surface area (Å²) in [6.45, 7) is -0.736. The summed E-state index contributed by atoms with van der Waals surface area (Å²) in [6, 6.07) is 7.47. The number of para-hydroxylation sites is 1. The van der Waals surface area contributed by atoms with Crippen LogP contribution in [0.25, 0.3) is 10.9 Å². The van der Waals surface area contributed by atoms with Gasteiger partial charge in [0, 0.05) is 11.1 Å². The number of carbonyl (C=O) groups is 3. The van der Waals surface area contributed by atoms with E-state index < -0.39 is 18.4 Å². The normalized spacial score (nSPS) is 13.1. The van der Waals surface area contributed by atoms with Crippen molar-refractivity contribution in [3.8, 4) is 0 Å². The first kappa shape index (κ1) is 16.9. The summed E-state index contributed by atoms with van der Waals surface area (Å²) < 4.78 is 0. The van der Waals surface area contributed by atoms with Crippen molar-refractivity contribution in [1.29, 1.82) is 0 Å². The fourth-order valence-corrected chi connectivity index (χ4v) is 3.12. The second-order valence-electron chi connectivity index (χ2n) is 5.99. The highest BCUT2D eigenvalue weighted by molar-refractivity contribution is 6.08. The Morgan fingerprint density at radius 1 is 1.04 bits per heavy atom. The summed E-state index contributed by atoms with van der Waals surface area (Å²) >= 11 is 0. The number of amides is 2. The molecule has 3 N–H and O–H groups in total. The minimum absolute atomic E-state index is 0.266. The Morgan fingerprint density at radius 2 is 1.80 bits per heavy atom. The molecule has 0 unspecified atom stereocenters. The maximum atomic E-state index is 12.7. The molecule has 25 heavy (non-hydrogen) atoms. The lowest BCUT2D eigenvalue weighted by Crippen LogP contribution is -2.39. The van der Waals surface area contributed by atoms with E-state index in [9.17, 15) is 14.4 Å². The van der Waals surface area contributed by atoms with E-state index in [0.717, 1.165) is 47.8 Å². The highest BCUT2D eigenvalue weighted by Gasteiger charge is 2.22. The van der Waals surface area contributed by atoms with Gasteiger partial charge in [-0.15, -0.1) is 0 Å². The summed E-state index contributed by atoms with van der Waals surface area (Å²) in [5, 5.41) is 14.1. The molecule has 0 saturated heterocycles. The number of carboxylic acid groups (broad SMARTS) is 1. The number of nitrogens with one attached hydrogen (secondary N) is 2. The molecule has 0 saturated carbocycles. The molecule has 0 atom stereocenters. The predicted octanol–water partition coefficient (Wildman–Crippen LogP) is 1.04. The van der Waals surface area contributed by atoms with Crippen LogP contribution >= 0.6 is 0 Å². The highest BCUT2D eigenvalue weighted by atomic mass is 16.4. The average molecular weight is 341 g/mol. The molecular weight excluding hydrogens is 322 g/mol. The quantitative estimate of drug-likeness (QED) is 0.753. The van der Waals surface area contributed by atoms with E-state index in [4.69, 9.17) is 5.11 Å². The standard InChI is InChI=1S/C18H19N3O4/c22-15(19-10-16(23)24)9-20-18(25)17-11-5-1-3-7-13(11)21-14-8-4-2-6-12(14)17/h1,3,5,7H,2,4,6,8-10H2,(H,19,22)(H,20,25)(H,23,24). The lowest BCUT2D eigenvalue weighted by molar-refractivity contribution is -0.137. The van der Waals surface area contributed by atoms with Crippen molar-refractivity contribution in [2.24, 2.45) is 0 Å². The van der Waals surface area contributed by atoms with E-state index in [2.05, 4.69) is 15.6 Å². The average Bonchev–Trinajstić information content (AvgIpc) is 2.62. The summed E-state index contributed by atoms with van der Waals surface area (Å²) in [7, 11) is 0. The number of aromatic nitrogens is 1. The number of carbonyl (C=O) groups excluding carboxylic acids is 2. The molecule has 2 amide bonds. The number of fused-ring (bicyclic) bond motifs is 2. The maximum Gasteiger partial charge on any atom is 0.322 e. The Hall–Kier alpha value is -2.96. The van der Waals surface area contributed by atoms with Crippen LogP contribution in [0.1, 0.15) is 34.5 Å². The summed E-state index contributed by atoms with van der Waals surface area (Å²) in [4.78, 5) is 39.5. The smallest absolute Gasteiger partial charge is 0.322 e. The Bertz CT molecular complexity index is 848. The fraction of sp³-hybridized carbons (Fsp3) is 0.333. The number of carboxylic acids is 1. The first-order chi connectivity index (χ1) is 12.1. The van der Waals surface area contributed by atoms with Crippen LogP contribution in [0, 0.1) is 0 Å². The Balaban J connectivity index is 1.85. The third kappa shape index (κ3) is 3.76. The SMILES string of the molecule is O=C(O)CNC(=O)CNC(=O)c1c2c(nc3ccccc13)CCCC2. The monoisotopic (exact) mass is 341 g/mol. The number of hydrogen-bond donors (Lipinski definition) is 3. The summed E-state index contributed by atoms with van der Waals surface area (Å²) in [5.41, 5.74) is 3.24. The number of rotatable bonds is 5. The van der Waals surface area contributed by atoms with Gasteiger partial charge in [0.2, 0.25) is 5.91 Å². The maximum absolute atomic E-state index is 12.7. The first-order valence-corrected chi connectivity index (χ1v) is 8.23. The molecule has 0 bridgehead atoms. The topological polar surface area (TPSA) is 108 Å². The molecule has 0 radical (unpaired) electrons. The number of pyridine rings is 1. The zero-order chi connectivity index (χ0) is 17.8. The Kier molecular flexibility index (Phi) is 4.92. The van der Waals surface area contributed by atoms with E-state index in [1.165, 1.54) is 0 Å². The molecule has 0 fully saturated rings. The molecular formula is C18H19N3O4. The zero-order valence-corrected chi connectivity index (χ0v) is 13.7. The van der Waals surface area contributed by atoms with Crippen LogP contribution in [0.4, 0.5) is 0 Å². The molecule has 3 rings (SSSR count). The van der Waals surface area contributed by atoms with Crippen molar-refractivity contribution in [2.75, 3.05) is 13.1 Å². The van der Waals surface area contributed by atoms with Crippen molar-refractivity contribution >= 4 is 28.7 Å². The van der Waals surface area contributed by atoms with Gasteiger partial charge in [-0.25, -0.2) is 0 Å². The fourth-order valence-electron chi connectivity index (χ4n) is 3.12. The molecule has 0 spiro atoms. The van der Waals surface area contributed by atoms with Gasteiger partial charge in [0.1, 0.15) is 6.54 Å². The minimum Gasteiger partial charge on any atom is -0.480 e. The van der Waals surface area contributed by atoms with Gasteiger partial charge >= 0.3 is 5.97 Å². The van der Waals surface area contributed by atoms with Crippen LogP contribution in [-0.2, 0) is 22.4 Å².